The van der Waals surface area contributed by atoms with E-state index in [2.05, 4.69) is 36.1 Å². The molecule has 1 aromatic heterocycles. The number of hydrogen-bond acceptors (Lipinski definition) is 4. The number of hydrogen-bond donors (Lipinski definition) is 0. The molecule has 22 heavy (non-hydrogen) atoms. The summed E-state index contributed by atoms with van der Waals surface area (Å²) >= 11 is 0. The average molecular weight is 303 g/mol. The Bertz CT molecular complexity index is 617. The first-order valence-corrected chi connectivity index (χ1v) is 7.37. The zero-order valence-electron chi connectivity index (χ0n) is 14.3. The second-order valence-electron chi connectivity index (χ2n) is 5.59. The monoisotopic (exact) mass is 303 g/mol. The molecule has 0 bridgehead atoms. The normalized spacial score (nSPS) is 12.5. The number of imidazole rings is 1. The zero-order valence-corrected chi connectivity index (χ0v) is 14.3. The number of benzene rings is 1. The molecule has 1 heterocycles. The highest BCUT2D eigenvalue weighted by atomic mass is 16.5. The van der Waals surface area contributed by atoms with Crippen LogP contribution < -0.4 is 9.47 Å². The summed E-state index contributed by atoms with van der Waals surface area (Å²) in [6, 6.07) is 6.16. The molecular formula is C17H25N3O2. The maximum atomic E-state index is 5.51. The predicted octanol–water partition coefficient (Wildman–Crippen LogP) is 2.94. The SMILES string of the molecule is COc1ccc(C(C)N(C)Cc2cn(C)c(C)n2)c(OC)c1. The van der Waals surface area contributed by atoms with Crippen LogP contribution in [-0.4, -0.2) is 35.7 Å². The summed E-state index contributed by atoms with van der Waals surface area (Å²) in [4.78, 5) is 6.82. The molecule has 0 amide bonds. The summed E-state index contributed by atoms with van der Waals surface area (Å²) in [6.07, 6.45) is 2.07. The molecule has 0 spiro atoms. The van der Waals surface area contributed by atoms with Crippen LogP contribution in [0.4, 0.5) is 0 Å². The second-order valence-corrected chi connectivity index (χ2v) is 5.59. The molecule has 1 unspecified atom stereocenters. The molecular weight excluding hydrogens is 278 g/mol. The van der Waals surface area contributed by atoms with Crippen LogP contribution in [-0.2, 0) is 13.6 Å². The van der Waals surface area contributed by atoms with Crippen molar-refractivity contribution in [3.05, 3.63) is 41.5 Å². The summed E-state index contributed by atoms with van der Waals surface area (Å²) in [5.74, 6) is 2.67. The molecule has 0 aliphatic heterocycles. The molecule has 120 valence electrons. The van der Waals surface area contributed by atoms with Gasteiger partial charge >= 0.3 is 0 Å². The van der Waals surface area contributed by atoms with Gasteiger partial charge in [0.15, 0.2) is 0 Å². The van der Waals surface area contributed by atoms with Gasteiger partial charge in [-0.05, 0) is 27.0 Å². The first-order chi connectivity index (χ1) is 10.5. The molecule has 1 atom stereocenters. The Labute approximate surface area is 132 Å². The minimum atomic E-state index is 0.211. The molecule has 0 fully saturated rings. The molecule has 0 radical (unpaired) electrons. The van der Waals surface area contributed by atoms with Crippen molar-refractivity contribution in [3.63, 3.8) is 0 Å². The molecule has 0 aliphatic carbocycles. The number of aromatic nitrogens is 2. The Balaban J connectivity index is 2.17. The van der Waals surface area contributed by atoms with Crippen molar-refractivity contribution in [1.29, 1.82) is 0 Å². The molecule has 2 aromatic rings. The molecule has 0 saturated carbocycles. The summed E-state index contributed by atoms with van der Waals surface area (Å²) in [5, 5.41) is 0. The number of aryl methyl sites for hydroxylation is 2. The van der Waals surface area contributed by atoms with Gasteiger partial charge in [0.2, 0.25) is 0 Å². The Hall–Kier alpha value is -2.01. The Morgan fingerprint density at radius 3 is 2.55 bits per heavy atom. The van der Waals surface area contributed by atoms with Crippen molar-refractivity contribution < 1.29 is 9.47 Å². The maximum Gasteiger partial charge on any atom is 0.127 e. The summed E-state index contributed by atoms with van der Waals surface area (Å²) in [7, 11) is 7.46. The summed E-state index contributed by atoms with van der Waals surface area (Å²) in [6.45, 7) is 4.97. The van der Waals surface area contributed by atoms with Crippen molar-refractivity contribution in [2.75, 3.05) is 21.3 Å². The average Bonchev–Trinajstić information content (AvgIpc) is 2.83. The third-order valence-electron chi connectivity index (χ3n) is 4.12. The summed E-state index contributed by atoms with van der Waals surface area (Å²) in [5.41, 5.74) is 2.21. The van der Waals surface area contributed by atoms with E-state index < -0.39 is 0 Å². The fourth-order valence-electron chi connectivity index (χ4n) is 2.50. The minimum absolute atomic E-state index is 0.211. The van der Waals surface area contributed by atoms with Crippen molar-refractivity contribution in [2.45, 2.75) is 26.4 Å². The van der Waals surface area contributed by atoms with Crippen molar-refractivity contribution >= 4 is 0 Å². The molecule has 0 N–H and O–H groups in total. The molecule has 2 rings (SSSR count). The fraction of sp³-hybridized carbons (Fsp3) is 0.471. The van der Waals surface area contributed by atoms with E-state index in [9.17, 15) is 0 Å². The maximum absolute atomic E-state index is 5.51. The van der Waals surface area contributed by atoms with Gasteiger partial charge in [0.25, 0.3) is 0 Å². The number of rotatable bonds is 6. The summed E-state index contributed by atoms with van der Waals surface area (Å²) < 4.78 is 12.8. The van der Waals surface area contributed by atoms with Gasteiger partial charge in [-0.15, -0.1) is 0 Å². The van der Waals surface area contributed by atoms with Gasteiger partial charge < -0.3 is 14.0 Å². The topological polar surface area (TPSA) is 39.5 Å². The predicted molar refractivity (Wildman–Crippen MR) is 87.4 cm³/mol. The highest BCUT2D eigenvalue weighted by Gasteiger charge is 2.18. The Morgan fingerprint density at radius 1 is 1.27 bits per heavy atom. The van der Waals surface area contributed by atoms with Gasteiger partial charge in [-0.25, -0.2) is 4.98 Å². The van der Waals surface area contributed by atoms with Crippen LogP contribution in [0, 0.1) is 6.92 Å². The van der Waals surface area contributed by atoms with Crippen LogP contribution in [0.2, 0.25) is 0 Å². The standard InChI is InChI=1S/C17H25N3O2/c1-12(16-8-7-15(21-5)9-17(16)22-6)19(3)10-14-11-20(4)13(2)18-14/h7-9,11-12H,10H2,1-6H3. The van der Waals surface area contributed by atoms with Crippen LogP contribution in [0.15, 0.2) is 24.4 Å². The van der Waals surface area contributed by atoms with E-state index in [0.29, 0.717) is 0 Å². The van der Waals surface area contributed by atoms with E-state index in [-0.39, 0.29) is 6.04 Å². The van der Waals surface area contributed by atoms with Gasteiger partial charge in [-0.2, -0.15) is 0 Å². The van der Waals surface area contributed by atoms with E-state index in [1.165, 1.54) is 0 Å². The van der Waals surface area contributed by atoms with Gasteiger partial charge in [0, 0.05) is 37.5 Å². The van der Waals surface area contributed by atoms with E-state index in [1.807, 2.05) is 30.7 Å². The minimum Gasteiger partial charge on any atom is -0.497 e. The lowest BCUT2D eigenvalue weighted by molar-refractivity contribution is 0.244. The second kappa shape index (κ2) is 6.83. The van der Waals surface area contributed by atoms with E-state index in [1.54, 1.807) is 14.2 Å². The van der Waals surface area contributed by atoms with Crippen molar-refractivity contribution in [3.8, 4) is 11.5 Å². The van der Waals surface area contributed by atoms with Gasteiger partial charge in [-0.3, -0.25) is 4.90 Å². The van der Waals surface area contributed by atoms with Gasteiger partial charge in [0.05, 0.1) is 19.9 Å². The van der Waals surface area contributed by atoms with Crippen LogP contribution in [0.3, 0.4) is 0 Å². The molecule has 0 aliphatic rings. The van der Waals surface area contributed by atoms with Crippen LogP contribution in [0.25, 0.3) is 0 Å². The fourth-order valence-corrected chi connectivity index (χ4v) is 2.50. The van der Waals surface area contributed by atoms with Gasteiger partial charge in [0.1, 0.15) is 17.3 Å². The largest absolute Gasteiger partial charge is 0.497 e. The Morgan fingerprint density at radius 2 is 2.00 bits per heavy atom. The third kappa shape index (κ3) is 3.42. The van der Waals surface area contributed by atoms with Crippen molar-refractivity contribution in [2.24, 2.45) is 7.05 Å². The van der Waals surface area contributed by atoms with Crippen molar-refractivity contribution in [1.82, 2.24) is 14.5 Å². The Kier molecular flexibility index (Phi) is 5.08. The highest BCUT2D eigenvalue weighted by Crippen LogP contribution is 2.32. The lowest BCUT2D eigenvalue weighted by Crippen LogP contribution is -2.22. The van der Waals surface area contributed by atoms with E-state index in [4.69, 9.17) is 9.47 Å². The lowest BCUT2D eigenvalue weighted by Gasteiger charge is -2.26. The smallest absolute Gasteiger partial charge is 0.127 e. The first kappa shape index (κ1) is 16.4. The van der Waals surface area contributed by atoms with E-state index in [0.717, 1.165) is 35.1 Å². The van der Waals surface area contributed by atoms with E-state index >= 15 is 0 Å². The van der Waals surface area contributed by atoms with Gasteiger partial charge in [-0.1, -0.05) is 6.07 Å². The number of nitrogens with zero attached hydrogens (tertiary/aromatic N) is 3. The molecule has 1 aromatic carbocycles. The molecule has 5 nitrogen and oxygen atoms in total. The first-order valence-electron chi connectivity index (χ1n) is 7.37. The molecule has 0 saturated heterocycles. The third-order valence-corrected chi connectivity index (χ3v) is 4.12. The highest BCUT2D eigenvalue weighted by molar-refractivity contribution is 5.42. The lowest BCUT2D eigenvalue weighted by atomic mass is 10.1. The quantitative estimate of drug-likeness (QED) is 0.822. The van der Waals surface area contributed by atoms with Crippen LogP contribution in [0.5, 0.6) is 11.5 Å². The molecule has 5 heteroatoms. The van der Waals surface area contributed by atoms with Crippen LogP contribution >= 0.6 is 0 Å². The zero-order chi connectivity index (χ0) is 16.3. The number of ether oxygens (including phenoxy) is 2. The van der Waals surface area contributed by atoms with Crippen LogP contribution in [0.1, 0.15) is 30.0 Å². The number of methoxy groups -OCH3 is 2.